The zero-order valence-corrected chi connectivity index (χ0v) is 17.0. The maximum absolute atomic E-state index is 13.1. The molecule has 0 saturated heterocycles. The summed E-state index contributed by atoms with van der Waals surface area (Å²) >= 11 is 3.45. The fourth-order valence-electron chi connectivity index (χ4n) is 5.89. The van der Waals surface area contributed by atoms with Gasteiger partial charge in [-0.1, -0.05) is 28.1 Å². The number of nitrogens with one attached hydrogen (secondary N) is 1. The summed E-state index contributed by atoms with van der Waals surface area (Å²) in [6.45, 7) is 3.96. The van der Waals surface area contributed by atoms with Gasteiger partial charge in [0.05, 0.1) is 5.41 Å². The fourth-order valence-corrected chi connectivity index (χ4v) is 6.16. The first-order chi connectivity index (χ1) is 12.2. The molecular weight excluding hydrogens is 392 g/mol. The Morgan fingerprint density at radius 3 is 2.23 bits per heavy atom. The Labute approximate surface area is 163 Å². The molecule has 4 aliphatic rings. The van der Waals surface area contributed by atoms with Gasteiger partial charge in [0.25, 0.3) is 0 Å². The van der Waals surface area contributed by atoms with Crippen LogP contribution in [0.25, 0.3) is 0 Å². The zero-order chi connectivity index (χ0) is 18.7. The molecule has 3 N–H and O–H groups in total. The van der Waals surface area contributed by atoms with E-state index in [-0.39, 0.29) is 23.3 Å². The van der Waals surface area contributed by atoms with Crippen molar-refractivity contribution in [1.29, 1.82) is 0 Å². The van der Waals surface area contributed by atoms with Gasteiger partial charge in [-0.05, 0) is 81.4 Å². The molecule has 0 heterocycles. The van der Waals surface area contributed by atoms with Crippen LogP contribution in [0.2, 0.25) is 0 Å². The molecule has 1 aromatic rings. The Kier molecular flexibility index (Phi) is 4.22. The Bertz CT molecular complexity index is 727. The number of amides is 2. The highest BCUT2D eigenvalue weighted by Gasteiger charge is 2.58. The van der Waals surface area contributed by atoms with E-state index < -0.39 is 5.41 Å². The second kappa shape index (κ2) is 6.08. The second-order valence-corrected chi connectivity index (χ2v) is 10.2. The molecule has 0 radical (unpaired) electrons. The van der Waals surface area contributed by atoms with Gasteiger partial charge in [0.2, 0.25) is 11.8 Å². The lowest BCUT2D eigenvalue weighted by Crippen LogP contribution is -2.63. The minimum atomic E-state index is -0.587. The molecule has 5 rings (SSSR count). The lowest BCUT2D eigenvalue weighted by atomic mass is 9.47. The number of halogens is 1. The van der Waals surface area contributed by atoms with E-state index in [0.29, 0.717) is 17.8 Å². The molecule has 4 bridgehead atoms. The Morgan fingerprint density at radius 2 is 1.69 bits per heavy atom. The van der Waals surface area contributed by atoms with Crippen molar-refractivity contribution in [2.75, 3.05) is 0 Å². The van der Waals surface area contributed by atoms with E-state index >= 15 is 0 Å². The first kappa shape index (κ1) is 18.0. The Balaban J connectivity index is 1.52. The lowest BCUT2D eigenvalue weighted by molar-refractivity contribution is -0.148. The maximum atomic E-state index is 13.1. The van der Waals surface area contributed by atoms with E-state index in [9.17, 15) is 9.59 Å². The normalized spacial score (nSPS) is 35.3. The first-order valence-electron chi connectivity index (χ1n) is 9.58. The first-order valence-corrected chi connectivity index (χ1v) is 10.4. The molecule has 4 aliphatic carbocycles. The summed E-state index contributed by atoms with van der Waals surface area (Å²) < 4.78 is 1.01. The van der Waals surface area contributed by atoms with Crippen LogP contribution in [0.3, 0.4) is 0 Å². The van der Waals surface area contributed by atoms with Gasteiger partial charge < -0.3 is 11.1 Å². The van der Waals surface area contributed by atoms with Crippen LogP contribution < -0.4 is 11.1 Å². The van der Waals surface area contributed by atoms with Crippen LogP contribution in [0.1, 0.15) is 51.5 Å². The Hall–Kier alpha value is -1.36. The summed E-state index contributed by atoms with van der Waals surface area (Å²) in [6.07, 6.45) is 4.89. The third kappa shape index (κ3) is 2.79. The minimum Gasteiger partial charge on any atom is -0.369 e. The highest BCUT2D eigenvalue weighted by atomic mass is 79.9. The summed E-state index contributed by atoms with van der Waals surface area (Å²) in [6, 6.07) is 8.14. The molecule has 2 unspecified atom stereocenters. The van der Waals surface area contributed by atoms with E-state index in [1.807, 2.05) is 38.1 Å². The molecule has 2 atom stereocenters. The molecule has 1 aromatic carbocycles. The summed E-state index contributed by atoms with van der Waals surface area (Å²) in [4.78, 5) is 25.2. The lowest BCUT2D eigenvalue weighted by Gasteiger charge is -2.59. The molecule has 0 aromatic heterocycles. The monoisotopic (exact) mass is 418 g/mol. The van der Waals surface area contributed by atoms with Crippen LogP contribution in [0.5, 0.6) is 0 Å². The fraction of sp³-hybridized carbons (Fsp3) is 0.619. The molecule has 0 spiro atoms. The average molecular weight is 419 g/mol. The van der Waals surface area contributed by atoms with Crippen LogP contribution in [0, 0.1) is 23.2 Å². The van der Waals surface area contributed by atoms with E-state index in [2.05, 4.69) is 21.2 Å². The SMILES string of the molecule is CC(C)(C(=O)NC1C2CC3CC1CC(C(N)=O)(C3)C2)c1ccc(Br)cc1. The van der Waals surface area contributed by atoms with Gasteiger partial charge in [-0.3, -0.25) is 9.59 Å². The van der Waals surface area contributed by atoms with Crippen molar-refractivity contribution >= 4 is 27.7 Å². The van der Waals surface area contributed by atoms with Gasteiger partial charge in [-0.15, -0.1) is 0 Å². The second-order valence-electron chi connectivity index (χ2n) is 9.25. The molecule has 26 heavy (non-hydrogen) atoms. The van der Waals surface area contributed by atoms with Gasteiger partial charge in [0.15, 0.2) is 0 Å². The molecule has 2 amide bonds. The Morgan fingerprint density at radius 1 is 1.12 bits per heavy atom. The smallest absolute Gasteiger partial charge is 0.230 e. The highest BCUT2D eigenvalue weighted by molar-refractivity contribution is 9.10. The van der Waals surface area contributed by atoms with Crippen LogP contribution in [-0.4, -0.2) is 17.9 Å². The van der Waals surface area contributed by atoms with Crippen LogP contribution in [0.15, 0.2) is 28.7 Å². The van der Waals surface area contributed by atoms with Gasteiger partial charge in [-0.25, -0.2) is 0 Å². The molecule has 4 fully saturated rings. The van der Waals surface area contributed by atoms with E-state index in [4.69, 9.17) is 5.73 Å². The zero-order valence-electron chi connectivity index (χ0n) is 15.4. The predicted molar refractivity (Wildman–Crippen MR) is 104 cm³/mol. The number of hydrogen-bond acceptors (Lipinski definition) is 2. The van der Waals surface area contributed by atoms with Crippen molar-refractivity contribution in [3.05, 3.63) is 34.3 Å². The standard InChI is InChI=1S/C21H27BrN2O2/c1-20(2,15-3-5-16(22)6-4-15)19(26)24-17-13-7-12-8-14(17)11-21(9-12,10-13)18(23)25/h3-6,12-14,17H,7-11H2,1-2H3,(H2,23,25)(H,24,26). The molecule has 4 nitrogen and oxygen atoms in total. The van der Waals surface area contributed by atoms with Crippen molar-refractivity contribution in [2.45, 2.75) is 57.4 Å². The van der Waals surface area contributed by atoms with Crippen LogP contribution in [0.4, 0.5) is 0 Å². The summed E-state index contributed by atoms with van der Waals surface area (Å²) in [5, 5.41) is 3.37. The molecule has 0 aliphatic heterocycles. The van der Waals surface area contributed by atoms with E-state index in [1.54, 1.807) is 0 Å². The molecular formula is C21H27BrN2O2. The average Bonchev–Trinajstić information content (AvgIpc) is 2.57. The van der Waals surface area contributed by atoms with Gasteiger partial charge >= 0.3 is 0 Å². The number of carbonyl (C=O) groups excluding carboxylic acids is 2. The van der Waals surface area contributed by atoms with Crippen molar-refractivity contribution < 1.29 is 9.59 Å². The molecule has 140 valence electrons. The van der Waals surface area contributed by atoms with Crippen molar-refractivity contribution in [2.24, 2.45) is 28.9 Å². The highest BCUT2D eigenvalue weighted by Crippen LogP contribution is 2.60. The largest absolute Gasteiger partial charge is 0.369 e. The van der Waals surface area contributed by atoms with E-state index in [1.165, 1.54) is 0 Å². The van der Waals surface area contributed by atoms with Crippen LogP contribution >= 0.6 is 15.9 Å². The minimum absolute atomic E-state index is 0.0745. The van der Waals surface area contributed by atoms with Crippen molar-refractivity contribution in [3.8, 4) is 0 Å². The third-order valence-corrected chi connectivity index (χ3v) is 7.76. The number of carbonyl (C=O) groups is 2. The number of benzene rings is 1. The predicted octanol–water partition coefficient (Wildman–Crippen LogP) is 3.52. The van der Waals surface area contributed by atoms with Crippen molar-refractivity contribution in [1.82, 2.24) is 5.32 Å². The van der Waals surface area contributed by atoms with Gasteiger partial charge in [0.1, 0.15) is 0 Å². The van der Waals surface area contributed by atoms with Crippen molar-refractivity contribution in [3.63, 3.8) is 0 Å². The van der Waals surface area contributed by atoms with E-state index in [0.717, 1.165) is 42.1 Å². The number of rotatable bonds is 4. The number of primary amides is 1. The summed E-state index contributed by atoms with van der Waals surface area (Å²) in [5.41, 5.74) is 5.88. The third-order valence-electron chi connectivity index (χ3n) is 7.23. The quantitative estimate of drug-likeness (QED) is 0.784. The number of hydrogen-bond donors (Lipinski definition) is 2. The van der Waals surface area contributed by atoms with Gasteiger partial charge in [0, 0.05) is 15.9 Å². The topological polar surface area (TPSA) is 72.2 Å². The molecule has 5 heteroatoms. The summed E-state index contributed by atoms with van der Waals surface area (Å²) in [7, 11) is 0. The number of nitrogens with two attached hydrogens (primary N) is 1. The van der Waals surface area contributed by atoms with Crippen LogP contribution in [-0.2, 0) is 15.0 Å². The summed E-state index contributed by atoms with van der Waals surface area (Å²) in [5.74, 6) is 1.33. The maximum Gasteiger partial charge on any atom is 0.230 e. The van der Waals surface area contributed by atoms with Gasteiger partial charge in [-0.2, -0.15) is 0 Å². The molecule has 4 saturated carbocycles.